The smallest absolute Gasteiger partial charge is 0.409 e. The van der Waals surface area contributed by atoms with Crippen LogP contribution in [-0.4, -0.2) is 13.2 Å². The van der Waals surface area contributed by atoms with Gasteiger partial charge >= 0.3 is 7.82 Å². The van der Waals surface area contributed by atoms with Crippen molar-refractivity contribution >= 4 is 7.82 Å². The molecule has 0 aromatic heterocycles. The van der Waals surface area contributed by atoms with E-state index < -0.39 is 7.82 Å². The average Bonchev–Trinajstić information content (AvgIpc) is 2.12. The van der Waals surface area contributed by atoms with Gasteiger partial charge in [-0.3, -0.25) is 9.05 Å². The van der Waals surface area contributed by atoms with Gasteiger partial charge in [0.1, 0.15) is 0 Å². The summed E-state index contributed by atoms with van der Waals surface area (Å²) in [7, 11) is -3.23. The van der Waals surface area contributed by atoms with Crippen molar-refractivity contribution in [2.24, 2.45) is 0 Å². The van der Waals surface area contributed by atoms with Crippen LogP contribution in [0.3, 0.4) is 0 Å². The van der Waals surface area contributed by atoms with E-state index >= 15 is 0 Å². The van der Waals surface area contributed by atoms with Crippen molar-refractivity contribution in [1.29, 1.82) is 0 Å². The maximum atomic E-state index is 11.1. The number of hydrogen-bond acceptors (Lipinski definition) is 4. The lowest BCUT2D eigenvalue weighted by molar-refractivity contribution is 0.234. The van der Waals surface area contributed by atoms with Crippen molar-refractivity contribution in [2.75, 3.05) is 13.2 Å². The number of hydrogen-bond donors (Lipinski definition) is 0. The van der Waals surface area contributed by atoms with E-state index in [0.717, 1.165) is 0 Å². The van der Waals surface area contributed by atoms with E-state index in [9.17, 15) is 4.57 Å². The first kappa shape index (κ1) is 7.79. The molecule has 1 saturated heterocycles. The molecular formula is C5H9O4P. The summed E-state index contributed by atoms with van der Waals surface area (Å²) in [6.45, 7) is 5.65. The largest absolute Gasteiger partial charge is 0.529 e. The monoisotopic (exact) mass is 164 g/mol. The molecule has 0 atom stereocenters. The van der Waals surface area contributed by atoms with Crippen LogP contribution in [0.4, 0.5) is 0 Å². The molecule has 1 rings (SSSR count). The van der Waals surface area contributed by atoms with Gasteiger partial charge in [-0.05, 0) is 6.92 Å². The molecule has 1 aliphatic rings. The average molecular weight is 164 g/mol. The van der Waals surface area contributed by atoms with Gasteiger partial charge in [0.15, 0.2) is 0 Å². The predicted octanol–water partition coefficient (Wildman–Crippen LogP) is 1.69. The molecule has 10 heavy (non-hydrogen) atoms. The molecule has 1 fully saturated rings. The summed E-state index contributed by atoms with van der Waals surface area (Å²) in [6, 6.07) is 0. The first-order chi connectivity index (χ1) is 4.62. The fourth-order valence-corrected chi connectivity index (χ4v) is 1.74. The second-order valence-electron chi connectivity index (χ2n) is 1.91. The Bertz CT molecular complexity index is 178. The Labute approximate surface area is 59.4 Å². The minimum Gasteiger partial charge on any atom is -0.409 e. The molecule has 4 nitrogen and oxygen atoms in total. The third kappa shape index (κ3) is 1.84. The van der Waals surface area contributed by atoms with Gasteiger partial charge in [0, 0.05) is 0 Å². The van der Waals surface area contributed by atoms with Gasteiger partial charge in [-0.25, -0.2) is 4.57 Å². The zero-order valence-electron chi connectivity index (χ0n) is 5.70. The highest BCUT2D eigenvalue weighted by Crippen LogP contribution is 2.54. The van der Waals surface area contributed by atoms with Crippen LogP contribution in [0, 0.1) is 0 Å². The molecule has 0 N–H and O–H groups in total. The molecule has 5 heteroatoms. The van der Waals surface area contributed by atoms with Gasteiger partial charge in [-0.1, -0.05) is 6.58 Å². The highest BCUT2D eigenvalue weighted by molar-refractivity contribution is 7.48. The van der Waals surface area contributed by atoms with E-state index in [-0.39, 0.29) is 0 Å². The lowest BCUT2D eigenvalue weighted by Crippen LogP contribution is -1.85. The molecule has 0 radical (unpaired) electrons. The Hall–Kier alpha value is -0.310. The Morgan fingerprint density at radius 3 is 2.50 bits per heavy atom. The molecule has 0 amide bonds. The quantitative estimate of drug-likeness (QED) is 0.460. The van der Waals surface area contributed by atoms with Crippen molar-refractivity contribution in [3.8, 4) is 0 Å². The Balaban J connectivity index is 2.52. The summed E-state index contributed by atoms with van der Waals surface area (Å²) < 4.78 is 25.2. The molecule has 0 aromatic rings. The van der Waals surface area contributed by atoms with Crippen LogP contribution in [0.5, 0.6) is 0 Å². The van der Waals surface area contributed by atoms with Crippen molar-refractivity contribution in [2.45, 2.75) is 6.92 Å². The Morgan fingerprint density at radius 1 is 1.60 bits per heavy atom. The molecule has 0 spiro atoms. The fourth-order valence-electron chi connectivity index (χ4n) is 0.579. The minimum atomic E-state index is -3.23. The van der Waals surface area contributed by atoms with Crippen LogP contribution in [-0.2, 0) is 18.1 Å². The van der Waals surface area contributed by atoms with E-state index in [1.807, 2.05) is 0 Å². The molecule has 1 heterocycles. The van der Waals surface area contributed by atoms with Gasteiger partial charge in [-0.2, -0.15) is 0 Å². The van der Waals surface area contributed by atoms with Crippen molar-refractivity contribution in [3.05, 3.63) is 12.3 Å². The van der Waals surface area contributed by atoms with E-state index in [1.165, 1.54) is 0 Å². The third-order valence-electron chi connectivity index (χ3n) is 0.850. The molecule has 0 unspecified atom stereocenters. The summed E-state index contributed by atoms with van der Waals surface area (Å²) in [5.74, 6) is 0.338. The zero-order chi connectivity index (χ0) is 7.61. The summed E-state index contributed by atoms with van der Waals surface area (Å²) >= 11 is 0. The van der Waals surface area contributed by atoms with Gasteiger partial charge in [0.2, 0.25) is 0 Å². The lowest BCUT2D eigenvalue weighted by atomic mass is 10.7. The van der Waals surface area contributed by atoms with Crippen molar-refractivity contribution < 1.29 is 18.1 Å². The fraction of sp³-hybridized carbons (Fsp3) is 0.600. The number of rotatable bonds is 2. The molecule has 0 aliphatic carbocycles. The van der Waals surface area contributed by atoms with E-state index in [2.05, 4.69) is 6.58 Å². The number of phosphoric ester groups is 1. The second kappa shape index (κ2) is 2.74. The summed E-state index contributed by atoms with van der Waals surface area (Å²) in [5, 5.41) is 0. The first-order valence-corrected chi connectivity index (χ1v) is 4.33. The summed E-state index contributed by atoms with van der Waals surface area (Å²) in [6.07, 6.45) is 0. The molecule has 1 aliphatic heterocycles. The van der Waals surface area contributed by atoms with Crippen LogP contribution in [0.25, 0.3) is 0 Å². The third-order valence-corrected chi connectivity index (χ3v) is 2.38. The topological polar surface area (TPSA) is 44.8 Å². The zero-order valence-corrected chi connectivity index (χ0v) is 6.60. The lowest BCUT2D eigenvalue weighted by Gasteiger charge is -2.08. The maximum absolute atomic E-state index is 11.1. The highest BCUT2D eigenvalue weighted by Gasteiger charge is 2.33. The van der Waals surface area contributed by atoms with Crippen molar-refractivity contribution in [1.82, 2.24) is 0 Å². The first-order valence-electron chi connectivity index (χ1n) is 2.87. The summed E-state index contributed by atoms with van der Waals surface area (Å²) in [5.41, 5.74) is 0. The maximum Gasteiger partial charge on any atom is 0.529 e. The predicted molar refractivity (Wildman–Crippen MR) is 35.4 cm³/mol. The molecular weight excluding hydrogens is 155 g/mol. The number of phosphoric acid groups is 1. The molecule has 0 aromatic carbocycles. The van der Waals surface area contributed by atoms with Gasteiger partial charge in [-0.15, -0.1) is 0 Å². The molecule has 0 saturated carbocycles. The van der Waals surface area contributed by atoms with E-state index in [0.29, 0.717) is 19.0 Å². The van der Waals surface area contributed by atoms with Crippen LogP contribution >= 0.6 is 7.82 Å². The highest BCUT2D eigenvalue weighted by atomic mass is 31.2. The van der Waals surface area contributed by atoms with E-state index in [1.54, 1.807) is 6.92 Å². The van der Waals surface area contributed by atoms with Gasteiger partial charge < -0.3 is 4.52 Å². The normalized spacial score (nSPS) is 22.5. The minimum absolute atomic E-state index is 0.324. The van der Waals surface area contributed by atoms with Gasteiger partial charge in [0.05, 0.1) is 19.0 Å². The Kier molecular flexibility index (Phi) is 2.14. The molecule has 58 valence electrons. The number of allylic oxidation sites excluding steroid dienone is 1. The van der Waals surface area contributed by atoms with Gasteiger partial charge in [0.25, 0.3) is 0 Å². The van der Waals surface area contributed by atoms with E-state index in [4.69, 9.17) is 13.6 Å². The van der Waals surface area contributed by atoms with Crippen LogP contribution < -0.4 is 0 Å². The second-order valence-corrected chi connectivity index (χ2v) is 3.50. The molecule has 0 bridgehead atoms. The standard InChI is InChI=1S/C5H9O4P/c1-5(2)9-10(6)7-3-4-8-10/h1,3-4H2,2H3. The van der Waals surface area contributed by atoms with Crippen LogP contribution in [0.2, 0.25) is 0 Å². The van der Waals surface area contributed by atoms with Crippen LogP contribution in [0.1, 0.15) is 6.92 Å². The van der Waals surface area contributed by atoms with Crippen LogP contribution in [0.15, 0.2) is 12.3 Å². The summed E-state index contributed by atoms with van der Waals surface area (Å²) in [4.78, 5) is 0. The SMILES string of the molecule is C=C(C)OP1(=O)OCCO1. The van der Waals surface area contributed by atoms with Crippen molar-refractivity contribution in [3.63, 3.8) is 0 Å². The Morgan fingerprint density at radius 2 is 2.10 bits per heavy atom.